The molecule has 0 saturated carbocycles. The number of hydrogen-bond acceptors (Lipinski definition) is 8. The Morgan fingerprint density at radius 3 is 1.30 bits per heavy atom. The molecule has 0 radical (unpaired) electrons. The van der Waals surface area contributed by atoms with Crippen LogP contribution in [0.15, 0.2) is 24.3 Å². The third kappa shape index (κ3) is 6.76. The van der Waals surface area contributed by atoms with Crippen molar-refractivity contribution in [2.45, 2.75) is 91.9 Å². The van der Waals surface area contributed by atoms with Crippen molar-refractivity contribution in [3.8, 4) is 23.0 Å². The van der Waals surface area contributed by atoms with E-state index in [0.29, 0.717) is 26.4 Å². The number of benzene rings is 2. The molecule has 0 amide bonds. The number of hydrogen-bond donors (Lipinski definition) is 2. The molecule has 246 valence electrons. The van der Waals surface area contributed by atoms with Crippen molar-refractivity contribution in [2.75, 3.05) is 50.2 Å². The fourth-order valence-electron chi connectivity index (χ4n) is 7.05. The Kier molecular flexibility index (Phi) is 10.5. The number of ether oxygens (including phenoxy) is 4. The molecule has 0 aliphatic heterocycles. The number of fused-ring (bicyclic) bond motifs is 4. The molecule has 4 aromatic rings. The van der Waals surface area contributed by atoms with Gasteiger partial charge in [0.05, 0.1) is 37.5 Å². The second-order valence-electron chi connectivity index (χ2n) is 12.2. The van der Waals surface area contributed by atoms with Gasteiger partial charge in [0.2, 0.25) is 0 Å². The van der Waals surface area contributed by atoms with Crippen LogP contribution < -0.4 is 29.6 Å². The van der Waals surface area contributed by atoms with Crippen LogP contribution in [0.5, 0.6) is 23.0 Å². The molecular formula is C38H50N4O4. The number of nitrogens with zero attached hydrogens (tertiary/aromatic N) is 2. The van der Waals surface area contributed by atoms with Crippen molar-refractivity contribution >= 4 is 33.2 Å². The first kappa shape index (κ1) is 32.0. The maximum absolute atomic E-state index is 5.96. The first-order valence-electron chi connectivity index (χ1n) is 17.6. The molecule has 2 heterocycles. The van der Waals surface area contributed by atoms with Gasteiger partial charge in [0.15, 0.2) is 23.0 Å². The van der Waals surface area contributed by atoms with E-state index >= 15 is 0 Å². The lowest BCUT2D eigenvalue weighted by molar-refractivity contribution is 0.288. The molecule has 2 aliphatic rings. The minimum atomic E-state index is 0.600. The van der Waals surface area contributed by atoms with E-state index < -0.39 is 0 Å². The third-order valence-electron chi connectivity index (χ3n) is 9.06. The largest absolute Gasteiger partial charge is 0.490 e. The summed E-state index contributed by atoms with van der Waals surface area (Å²) < 4.78 is 23.7. The van der Waals surface area contributed by atoms with Gasteiger partial charge in [0.1, 0.15) is 0 Å². The predicted molar refractivity (Wildman–Crippen MR) is 188 cm³/mol. The topological polar surface area (TPSA) is 86.8 Å². The average Bonchev–Trinajstić information content (AvgIpc) is 3.72. The van der Waals surface area contributed by atoms with Gasteiger partial charge in [-0.05, 0) is 102 Å². The zero-order chi connectivity index (χ0) is 31.9. The second kappa shape index (κ2) is 15.1. The summed E-state index contributed by atoms with van der Waals surface area (Å²) in [7, 11) is 0. The van der Waals surface area contributed by atoms with Gasteiger partial charge in [0.25, 0.3) is 0 Å². The standard InChI is InChI=1S/C38H50N4O4/c1-5-43-33-21-27-31(23-35(33)45-7-3)41-29-17-13-15-25(29)37(27)39-19-11-9-10-12-20-40-38-26-16-14-18-30(26)42-32-24-36(46-8-4)34(44-6-2)22-28(32)38/h21-24H,5-20H2,1-4H3,(H,39,41)(H,40,42). The van der Waals surface area contributed by atoms with Crippen LogP contribution in [0.4, 0.5) is 11.4 Å². The van der Waals surface area contributed by atoms with E-state index in [0.717, 1.165) is 109 Å². The van der Waals surface area contributed by atoms with Crippen molar-refractivity contribution in [3.63, 3.8) is 0 Å². The van der Waals surface area contributed by atoms with Gasteiger partial charge in [-0.1, -0.05) is 12.8 Å². The van der Waals surface area contributed by atoms with Crippen molar-refractivity contribution in [1.82, 2.24) is 9.97 Å². The van der Waals surface area contributed by atoms with Crippen LogP contribution in [-0.4, -0.2) is 49.5 Å². The number of aromatic nitrogens is 2. The quantitative estimate of drug-likeness (QED) is 0.113. The molecule has 0 unspecified atom stereocenters. The van der Waals surface area contributed by atoms with Crippen LogP contribution in [-0.2, 0) is 25.7 Å². The molecule has 0 atom stereocenters. The summed E-state index contributed by atoms with van der Waals surface area (Å²) in [5.41, 5.74) is 9.65. The van der Waals surface area contributed by atoms with E-state index in [1.54, 1.807) is 0 Å². The van der Waals surface area contributed by atoms with Gasteiger partial charge in [-0.2, -0.15) is 0 Å². The summed E-state index contributed by atoms with van der Waals surface area (Å²) in [6.45, 7) is 12.3. The lowest BCUT2D eigenvalue weighted by Crippen LogP contribution is -2.08. The summed E-state index contributed by atoms with van der Waals surface area (Å²) in [5.74, 6) is 3.14. The van der Waals surface area contributed by atoms with Gasteiger partial charge in [0, 0.05) is 58.8 Å². The molecule has 0 spiro atoms. The lowest BCUT2D eigenvalue weighted by atomic mass is 10.1. The Morgan fingerprint density at radius 1 is 0.522 bits per heavy atom. The molecule has 0 saturated heterocycles. The Bertz CT molecular complexity index is 1550. The fourth-order valence-corrected chi connectivity index (χ4v) is 7.05. The molecule has 2 aromatic carbocycles. The molecule has 2 N–H and O–H groups in total. The number of pyridine rings is 2. The SMILES string of the molecule is CCOc1cc2nc3c(c(NCCCCCCNc4c5c(nc6cc(OCC)c(OCC)cc46)CCC5)c2cc1OCC)CCC3. The molecular weight excluding hydrogens is 576 g/mol. The van der Waals surface area contributed by atoms with Crippen molar-refractivity contribution in [3.05, 3.63) is 46.8 Å². The maximum Gasteiger partial charge on any atom is 0.163 e. The zero-order valence-corrected chi connectivity index (χ0v) is 28.2. The molecule has 6 rings (SSSR count). The average molecular weight is 627 g/mol. The number of aryl methyl sites for hydroxylation is 2. The molecule has 0 fully saturated rings. The normalized spacial score (nSPS) is 13.6. The molecule has 8 heteroatoms. The van der Waals surface area contributed by atoms with E-state index in [1.165, 1.54) is 46.7 Å². The highest BCUT2D eigenvalue weighted by Gasteiger charge is 2.23. The third-order valence-corrected chi connectivity index (χ3v) is 9.06. The van der Waals surface area contributed by atoms with Crippen LogP contribution in [0.1, 0.15) is 88.7 Å². The van der Waals surface area contributed by atoms with Gasteiger partial charge in [-0.3, -0.25) is 9.97 Å². The van der Waals surface area contributed by atoms with E-state index in [4.69, 9.17) is 28.9 Å². The Hall–Kier alpha value is -3.94. The molecule has 0 bridgehead atoms. The number of nitrogens with one attached hydrogen (secondary N) is 2. The first-order chi connectivity index (χ1) is 22.6. The molecule has 2 aromatic heterocycles. The van der Waals surface area contributed by atoms with Crippen LogP contribution in [0.25, 0.3) is 21.8 Å². The summed E-state index contributed by atoms with van der Waals surface area (Å²) in [4.78, 5) is 10.1. The lowest BCUT2D eigenvalue weighted by Gasteiger charge is -2.18. The Labute approximate surface area is 273 Å². The molecule has 2 aliphatic carbocycles. The fraction of sp³-hybridized carbons (Fsp3) is 0.526. The van der Waals surface area contributed by atoms with E-state index in [2.05, 4.69) is 34.9 Å². The molecule has 46 heavy (non-hydrogen) atoms. The van der Waals surface area contributed by atoms with Crippen LogP contribution in [0, 0.1) is 0 Å². The van der Waals surface area contributed by atoms with Gasteiger partial charge < -0.3 is 29.6 Å². The number of unbranched alkanes of at least 4 members (excludes halogenated alkanes) is 3. The number of anilines is 2. The monoisotopic (exact) mass is 626 g/mol. The molecule has 8 nitrogen and oxygen atoms in total. The highest BCUT2D eigenvalue weighted by molar-refractivity contribution is 5.97. The van der Waals surface area contributed by atoms with E-state index in [1.807, 2.05) is 27.7 Å². The minimum absolute atomic E-state index is 0.600. The maximum atomic E-state index is 5.96. The van der Waals surface area contributed by atoms with Crippen molar-refractivity contribution < 1.29 is 18.9 Å². The highest BCUT2D eigenvalue weighted by Crippen LogP contribution is 2.41. The Balaban J connectivity index is 1.08. The minimum Gasteiger partial charge on any atom is -0.490 e. The Morgan fingerprint density at radius 2 is 0.913 bits per heavy atom. The van der Waals surface area contributed by atoms with E-state index in [9.17, 15) is 0 Å². The summed E-state index contributed by atoms with van der Waals surface area (Å²) in [5, 5.41) is 9.91. The van der Waals surface area contributed by atoms with Gasteiger partial charge in [-0.15, -0.1) is 0 Å². The zero-order valence-electron chi connectivity index (χ0n) is 28.2. The first-order valence-corrected chi connectivity index (χ1v) is 17.6. The van der Waals surface area contributed by atoms with E-state index in [-0.39, 0.29) is 0 Å². The second-order valence-corrected chi connectivity index (χ2v) is 12.2. The van der Waals surface area contributed by atoms with Crippen molar-refractivity contribution in [1.29, 1.82) is 0 Å². The number of rotatable bonds is 17. The van der Waals surface area contributed by atoms with Crippen LogP contribution in [0.2, 0.25) is 0 Å². The summed E-state index contributed by atoms with van der Waals surface area (Å²) >= 11 is 0. The predicted octanol–water partition coefficient (Wildman–Crippen LogP) is 8.44. The van der Waals surface area contributed by atoms with Gasteiger partial charge >= 0.3 is 0 Å². The van der Waals surface area contributed by atoms with Crippen LogP contribution in [0.3, 0.4) is 0 Å². The van der Waals surface area contributed by atoms with Crippen LogP contribution >= 0.6 is 0 Å². The highest BCUT2D eigenvalue weighted by atomic mass is 16.5. The van der Waals surface area contributed by atoms with Crippen molar-refractivity contribution in [2.24, 2.45) is 0 Å². The summed E-state index contributed by atoms with van der Waals surface area (Å²) in [6, 6.07) is 8.35. The van der Waals surface area contributed by atoms with Gasteiger partial charge in [-0.25, -0.2) is 0 Å². The smallest absolute Gasteiger partial charge is 0.163 e. The summed E-state index contributed by atoms with van der Waals surface area (Å²) in [6.07, 6.45) is 11.2.